The highest BCUT2D eigenvalue weighted by Gasteiger charge is 2.31. The average Bonchev–Trinajstić information content (AvgIpc) is 2.90. The van der Waals surface area contributed by atoms with E-state index < -0.39 is 59.9 Å². The van der Waals surface area contributed by atoms with Gasteiger partial charge < -0.3 is 37.6 Å². The highest BCUT2D eigenvalue weighted by atomic mass is 16.4. The van der Waals surface area contributed by atoms with Crippen molar-refractivity contribution in [3.63, 3.8) is 0 Å². The molecule has 2 rings (SSSR count). The lowest BCUT2D eigenvalue weighted by molar-refractivity contribution is -0.142. The van der Waals surface area contributed by atoms with Crippen LogP contribution in [0, 0.1) is 0 Å². The van der Waals surface area contributed by atoms with Gasteiger partial charge in [0.15, 0.2) is 0 Å². The van der Waals surface area contributed by atoms with E-state index in [9.17, 15) is 34.2 Å². The normalized spacial score (nSPS) is 14.6. The lowest BCUT2D eigenvalue weighted by Crippen LogP contribution is -2.59. The van der Waals surface area contributed by atoms with Crippen LogP contribution in [0.5, 0.6) is 0 Å². The first kappa shape index (κ1) is 30.9. The molecule has 2 aromatic carbocycles. The molecule has 0 bridgehead atoms. The number of nitrogens with two attached hydrogens (primary N) is 2. The van der Waals surface area contributed by atoms with E-state index in [-0.39, 0.29) is 25.7 Å². The van der Waals surface area contributed by atoms with E-state index in [1.165, 1.54) is 6.92 Å². The predicted molar refractivity (Wildman–Crippen MR) is 142 cm³/mol. The van der Waals surface area contributed by atoms with E-state index in [2.05, 4.69) is 16.0 Å². The van der Waals surface area contributed by atoms with E-state index in [4.69, 9.17) is 11.5 Å². The molecule has 4 amide bonds. The van der Waals surface area contributed by atoms with Gasteiger partial charge in [0.2, 0.25) is 23.6 Å². The van der Waals surface area contributed by atoms with Gasteiger partial charge in [-0.1, -0.05) is 60.7 Å². The number of benzene rings is 2. The Hall–Kier alpha value is -4.29. The zero-order valence-electron chi connectivity index (χ0n) is 21.6. The van der Waals surface area contributed by atoms with Crippen molar-refractivity contribution >= 4 is 29.6 Å². The molecular formula is C27H35N5O7. The van der Waals surface area contributed by atoms with Gasteiger partial charge in [-0.15, -0.1) is 0 Å². The summed E-state index contributed by atoms with van der Waals surface area (Å²) in [6, 6.07) is 12.5. The third-order valence-corrected chi connectivity index (χ3v) is 5.95. The second kappa shape index (κ2) is 15.2. The highest BCUT2D eigenvalue weighted by Crippen LogP contribution is 2.09. The zero-order valence-corrected chi connectivity index (χ0v) is 21.6. The zero-order chi connectivity index (χ0) is 28.9. The molecule has 5 unspecified atom stereocenters. The molecule has 0 saturated carbocycles. The molecule has 0 aliphatic heterocycles. The molecule has 5 atom stereocenters. The molecule has 2 aromatic rings. The van der Waals surface area contributed by atoms with Crippen LogP contribution in [0.25, 0.3) is 0 Å². The van der Waals surface area contributed by atoms with Gasteiger partial charge in [-0.2, -0.15) is 0 Å². The van der Waals surface area contributed by atoms with Gasteiger partial charge in [0.1, 0.15) is 24.2 Å². The van der Waals surface area contributed by atoms with Gasteiger partial charge in [-0.3, -0.25) is 19.2 Å². The Labute approximate surface area is 226 Å². The van der Waals surface area contributed by atoms with Crippen molar-refractivity contribution < 1.29 is 34.2 Å². The van der Waals surface area contributed by atoms with Crippen molar-refractivity contribution in [3.8, 4) is 0 Å². The monoisotopic (exact) mass is 541 g/mol. The molecule has 0 aliphatic rings. The molecule has 0 aromatic heterocycles. The number of carboxylic acid groups (broad SMARTS) is 1. The number of carbonyl (C=O) groups excluding carboxylic acids is 4. The molecular weight excluding hydrogens is 506 g/mol. The summed E-state index contributed by atoms with van der Waals surface area (Å²) in [5, 5.41) is 26.7. The number of rotatable bonds is 15. The van der Waals surface area contributed by atoms with E-state index in [1.54, 1.807) is 60.7 Å². The van der Waals surface area contributed by atoms with Crippen LogP contribution in [-0.4, -0.2) is 70.1 Å². The fraction of sp³-hybridized carbons (Fsp3) is 0.370. The Kier molecular flexibility index (Phi) is 12.1. The third-order valence-electron chi connectivity index (χ3n) is 5.95. The second-order valence-electron chi connectivity index (χ2n) is 9.17. The van der Waals surface area contributed by atoms with Gasteiger partial charge in [-0.05, 0) is 24.5 Å². The molecule has 0 heterocycles. The predicted octanol–water partition coefficient (Wildman–Crippen LogP) is -1.02. The molecule has 0 spiro atoms. The van der Waals surface area contributed by atoms with Crippen molar-refractivity contribution in [2.75, 3.05) is 0 Å². The van der Waals surface area contributed by atoms with Crippen LogP contribution in [0.1, 0.15) is 30.9 Å². The van der Waals surface area contributed by atoms with Crippen LogP contribution in [-0.2, 0) is 36.8 Å². The van der Waals surface area contributed by atoms with Crippen molar-refractivity contribution in [1.82, 2.24) is 16.0 Å². The van der Waals surface area contributed by atoms with Crippen LogP contribution in [0.15, 0.2) is 60.7 Å². The largest absolute Gasteiger partial charge is 0.480 e. The van der Waals surface area contributed by atoms with Gasteiger partial charge in [0, 0.05) is 19.3 Å². The van der Waals surface area contributed by atoms with E-state index in [0.29, 0.717) is 11.1 Å². The van der Waals surface area contributed by atoms with Gasteiger partial charge >= 0.3 is 5.97 Å². The Morgan fingerprint density at radius 1 is 0.744 bits per heavy atom. The number of amides is 4. The molecule has 9 N–H and O–H groups in total. The Morgan fingerprint density at radius 2 is 1.15 bits per heavy atom. The summed E-state index contributed by atoms with van der Waals surface area (Å²) in [5.41, 5.74) is 12.3. The maximum absolute atomic E-state index is 13.4. The lowest BCUT2D eigenvalue weighted by atomic mass is 10.0. The average molecular weight is 542 g/mol. The lowest BCUT2D eigenvalue weighted by Gasteiger charge is -2.26. The first-order chi connectivity index (χ1) is 18.5. The first-order valence-electron chi connectivity index (χ1n) is 12.4. The van der Waals surface area contributed by atoms with E-state index in [1.807, 2.05) is 0 Å². The smallest absolute Gasteiger partial charge is 0.326 e. The third kappa shape index (κ3) is 10.5. The van der Waals surface area contributed by atoms with Gasteiger partial charge in [-0.25, -0.2) is 4.79 Å². The summed E-state index contributed by atoms with van der Waals surface area (Å²) in [4.78, 5) is 62.0. The standard InChI is InChI=1S/C27H35N5O7/c1-16(33)23(29)26(37)32-21(15-18-10-6-3-7-11-18)25(36)31-20(14-17-8-4-2-5-9-17)24(35)30-19(27(38)39)12-13-22(28)34/h2-11,16,19-21,23,33H,12-15,29H2,1H3,(H2,28,34)(H,30,35)(H,31,36)(H,32,37)(H,38,39). The molecule has 210 valence electrons. The highest BCUT2D eigenvalue weighted by molar-refractivity contribution is 5.94. The molecule has 0 radical (unpaired) electrons. The molecule has 39 heavy (non-hydrogen) atoms. The molecule has 0 fully saturated rings. The van der Waals surface area contributed by atoms with Crippen LogP contribution >= 0.6 is 0 Å². The van der Waals surface area contributed by atoms with Crippen LogP contribution in [0.2, 0.25) is 0 Å². The van der Waals surface area contributed by atoms with Crippen molar-refractivity contribution in [2.24, 2.45) is 11.5 Å². The first-order valence-corrected chi connectivity index (χ1v) is 12.4. The molecule has 0 aliphatic carbocycles. The number of aliphatic carboxylic acids is 1. The van der Waals surface area contributed by atoms with E-state index >= 15 is 0 Å². The summed E-state index contributed by atoms with van der Waals surface area (Å²) in [6.07, 6.45) is -1.59. The fourth-order valence-electron chi connectivity index (χ4n) is 3.69. The minimum absolute atomic E-state index is 0.0137. The minimum Gasteiger partial charge on any atom is -0.480 e. The number of nitrogens with one attached hydrogen (secondary N) is 3. The van der Waals surface area contributed by atoms with Crippen LogP contribution in [0.4, 0.5) is 0 Å². The van der Waals surface area contributed by atoms with Crippen LogP contribution < -0.4 is 27.4 Å². The summed E-state index contributed by atoms with van der Waals surface area (Å²) in [6.45, 7) is 1.34. The Bertz CT molecular complexity index is 1130. The molecule has 0 saturated heterocycles. The van der Waals surface area contributed by atoms with Crippen molar-refractivity contribution in [1.29, 1.82) is 0 Å². The van der Waals surface area contributed by atoms with Gasteiger partial charge in [0.05, 0.1) is 6.10 Å². The fourth-order valence-corrected chi connectivity index (χ4v) is 3.69. The summed E-state index contributed by atoms with van der Waals surface area (Å²) >= 11 is 0. The summed E-state index contributed by atoms with van der Waals surface area (Å²) in [7, 11) is 0. The maximum Gasteiger partial charge on any atom is 0.326 e. The summed E-state index contributed by atoms with van der Waals surface area (Å²) < 4.78 is 0. The summed E-state index contributed by atoms with van der Waals surface area (Å²) in [5.74, 6) is -4.36. The van der Waals surface area contributed by atoms with Crippen molar-refractivity contribution in [2.45, 2.75) is 62.9 Å². The number of aliphatic hydroxyl groups excluding tert-OH is 1. The number of aliphatic hydroxyl groups is 1. The second-order valence-corrected chi connectivity index (χ2v) is 9.17. The maximum atomic E-state index is 13.4. The topological polar surface area (TPSA) is 214 Å². The van der Waals surface area contributed by atoms with Crippen molar-refractivity contribution in [3.05, 3.63) is 71.8 Å². The number of carbonyl (C=O) groups is 5. The SMILES string of the molecule is CC(O)C(N)C(=O)NC(Cc1ccccc1)C(=O)NC(Cc1ccccc1)C(=O)NC(CCC(N)=O)C(=O)O. The van der Waals surface area contributed by atoms with Gasteiger partial charge in [0.25, 0.3) is 0 Å². The Balaban J connectivity index is 2.30. The molecule has 12 nitrogen and oxygen atoms in total. The number of primary amides is 1. The quantitative estimate of drug-likeness (QED) is 0.148. The Morgan fingerprint density at radius 3 is 1.54 bits per heavy atom. The number of hydrogen-bond donors (Lipinski definition) is 7. The van der Waals surface area contributed by atoms with Crippen LogP contribution in [0.3, 0.4) is 0 Å². The molecule has 12 heteroatoms. The van der Waals surface area contributed by atoms with E-state index in [0.717, 1.165) is 0 Å². The minimum atomic E-state index is -1.41. The number of hydrogen-bond acceptors (Lipinski definition) is 7. The number of carboxylic acids is 1.